The molecule has 1 aromatic heterocycles. The molecule has 0 unspecified atom stereocenters. The van der Waals surface area contributed by atoms with Gasteiger partial charge in [-0.3, -0.25) is 9.59 Å². The molecule has 0 saturated heterocycles. The molecular weight excluding hydrogens is 304 g/mol. The number of nitrogens with zero attached hydrogens (tertiary/aromatic N) is 1. The highest BCUT2D eigenvalue weighted by Gasteiger charge is 2.25. The molecule has 0 bridgehead atoms. The number of benzene rings is 2. The topological polar surface area (TPSA) is 73.4 Å². The number of H-pyrrole nitrogens is 1. The maximum atomic E-state index is 12.7. The highest BCUT2D eigenvalue weighted by Crippen LogP contribution is 2.23. The molecule has 0 fully saturated rings. The third kappa shape index (κ3) is 2.88. The smallest absolute Gasteiger partial charge is 0.295 e. The molecule has 0 aliphatic heterocycles. The van der Waals surface area contributed by atoms with Gasteiger partial charge >= 0.3 is 0 Å². The number of carbonyl (C=O) groups excluding carboxylic acids is 2. The summed E-state index contributed by atoms with van der Waals surface area (Å²) in [6.45, 7) is 2.09. The Hall–Kier alpha value is -3.08. The predicted molar refractivity (Wildman–Crippen MR) is 91.9 cm³/mol. The van der Waals surface area contributed by atoms with Gasteiger partial charge < -0.3 is 15.0 Å². The van der Waals surface area contributed by atoms with Crippen LogP contribution in [0.3, 0.4) is 0 Å². The van der Waals surface area contributed by atoms with Crippen molar-refractivity contribution in [1.82, 2.24) is 9.88 Å². The van der Waals surface area contributed by atoms with Crippen molar-refractivity contribution < 1.29 is 14.7 Å². The molecule has 0 aliphatic rings. The fourth-order valence-electron chi connectivity index (χ4n) is 2.80. The fraction of sp³-hybridized carbons (Fsp3) is 0.158. The predicted octanol–water partition coefficient (Wildman–Crippen LogP) is 3.02. The molecule has 24 heavy (non-hydrogen) atoms. The van der Waals surface area contributed by atoms with Crippen molar-refractivity contribution in [3.63, 3.8) is 0 Å². The number of amides is 1. The summed E-state index contributed by atoms with van der Waals surface area (Å²) in [6, 6.07) is 14.0. The number of aryl methyl sites for hydroxylation is 1. The van der Waals surface area contributed by atoms with E-state index in [9.17, 15) is 14.7 Å². The SMILES string of the molecule is Cc1[nH]c2ccccc2c1C(=O)C(=O)N(C)Cc1ccc(O)cc1. The average Bonchev–Trinajstić information content (AvgIpc) is 2.91. The van der Waals surface area contributed by atoms with E-state index in [-0.39, 0.29) is 5.75 Å². The number of ketones is 1. The van der Waals surface area contributed by atoms with Crippen LogP contribution < -0.4 is 0 Å². The summed E-state index contributed by atoms with van der Waals surface area (Å²) >= 11 is 0. The van der Waals surface area contributed by atoms with E-state index in [1.165, 1.54) is 4.90 Å². The molecule has 0 spiro atoms. The first-order valence-corrected chi connectivity index (χ1v) is 7.62. The van der Waals surface area contributed by atoms with Crippen LogP contribution in [0.25, 0.3) is 10.9 Å². The van der Waals surface area contributed by atoms with E-state index >= 15 is 0 Å². The molecule has 2 aromatic carbocycles. The molecule has 1 amide bonds. The lowest BCUT2D eigenvalue weighted by Gasteiger charge is -2.16. The van der Waals surface area contributed by atoms with Gasteiger partial charge in [-0.25, -0.2) is 0 Å². The lowest BCUT2D eigenvalue weighted by molar-refractivity contribution is -0.125. The molecule has 2 N–H and O–H groups in total. The Labute approximate surface area is 139 Å². The van der Waals surface area contributed by atoms with Crippen LogP contribution in [-0.4, -0.2) is 33.7 Å². The van der Waals surface area contributed by atoms with Gasteiger partial charge in [0.25, 0.3) is 11.7 Å². The summed E-state index contributed by atoms with van der Waals surface area (Å²) in [6.07, 6.45) is 0. The van der Waals surface area contributed by atoms with E-state index in [4.69, 9.17) is 0 Å². The molecule has 5 nitrogen and oxygen atoms in total. The molecule has 5 heteroatoms. The molecule has 3 rings (SSSR count). The zero-order valence-electron chi connectivity index (χ0n) is 13.5. The Morgan fingerprint density at radius 3 is 2.46 bits per heavy atom. The van der Waals surface area contributed by atoms with Crippen molar-refractivity contribution in [3.05, 3.63) is 65.4 Å². The zero-order valence-corrected chi connectivity index (χ0v) is 13.5. The Morgan fingerprint density at radius 1 is 1.08 bits per heavy atom. The second-order valence-corrected chi connectivity index (χ2v) is 5.83. The van der Waals surface area contributed by atoms with Crippen LogP contribution in [0.15, 0.2) is 48.5 Å². The summed E-state index contributed by atoms with van der Waals surface area (Å²) in [7, 11) is 1.59. The van der Waals surface area contributed by atoms with Crippen molar-refractivity contribution in [1.29, 1.82) is 0 Å². The number of likely N-dealkylation sites (N-methyl/N-ethyl adjacent to an activating group) is 1. The number of hydrogen-bond donors (Lipinski definition) is 2. The molecular formula is C19H18N2O3. The summed E-state index contributed by atoms with van der Waals surface area (Å²) < 4.78 is 0. The normalized spacial score (nSPS) is 10.8. The first-order valence-electron chi connectivity index (χ1n) is 7.62. The van der Waals surface area contributed by atoms with Gasteiger partial charge in [0.1, 0.15) is 5.75 Å². The lowest BCUT2D eigenvalue weighted by atomic mass is 10.1. The number of rotatable bonds is 4. The number of aromatic amines is 1. The quantitative estimate of drug-likeness (QED) is 0.573. The van der Waals surface area contributed by atoms with E-state index in [2.05, 4.69) is 4.98 Å². The van der Waals surface area contributed by atoms with Gasteiger partial charge in [-0.05, 0) is 30.7 Å². The van der Waals surface area contributed by atoms with Crippen LogP contribution in [0.2, 0.25) is 0 Å². The number of aromatic hydroxyl groups is 1. The number of phenolic OH excluding ortho intramolecular Hbond substituents is 1. The Morgan fingerprint density at radius 2 is 1.75 bits per heavy atom. The van der Waals surface area contributed by atoms with E-state index in [1.807, 2.05) is 24.3 Å². The Balaban J connectivity index is 1.84. The summed E-state index contributed by atoms with van der Waals surface area (Å²) in [5, 5.41) is 10.1. The third-order valence-corrected chi connectivity index (χ3v) is 4.02. The maximum Gasteiger partial charge on any atom is 0.295 e. The average molecular weight is 322 g/mol. The number of hydrogen-bond acceptors (Lipinski definition) is 3. The van der Waals surface area contributed by atoms with Crippen LogP contribution in [0.5, 0.6) is 5.75 Å². The van der Waals surface area contributed by atoms with Gasteiger partial charge in [0.2, 0.25) is 0 Å². The van der Waals surface area contributed by atoms with Gasteiger partial charge in [-0.15, -0.1) is 0 Å². The zero-order chi connectivity index (χ0) is 17.3. The number of nitrogens with one attached hydrogen (secondary N) is 1. The van der Waals surface area contributed by atoms with E-state index in [1.54, 1.807) is 38.2 Å². The second-order valence-electron chi connectivity index (χ2n) is 5.83. The van der Waals surface area contributed by atoms with Crippen molar-refractivity contribution in [2.24, 2.45) is 0 Å². The van der Waals surface area contributed by atoms with Gasteiger partial charge in [0.15, 0.2) is 0 Å². The number of phenols is 1. The van der Waals surface area contributed by atoms with Crippen molar-refractivity contribution in [2.45, 2.75) is 13.5 Å². The van der Waals surface area contributed by atoms with Crippen molar-refractivity contribution in [2.75, 3.05) is 7.05 Å². The number of fused-ring (bicyclic) bond motifs is 1. The molecule has 0 atom stereocenters. The highest BCUT2D eigenvalue weighted by molar-refractivity contribution is 6.45. The minimum absolute atomic E-state index is 0.165. The summed E-state index contributed by atoms with van der Waals surface area (Å²) in [5.41, 5.74) is 2.79. The Bertz CT molecular complexity index is 910. The fourth-order valence-corrected chi connectivity index (χ4v) is 2.80. The Kier molecular flexibility index (Phi) is 4.08. The first kappa shape index (κ1) is 15.8. The summed E-state index contributed by atoms with van der Waals surface area (Å²) in [5.74, 6) is -0.916. The van der Waals surface area contributed by atoms with Gasteiger partial charge in [-0.1, -0.05) is 30.3 Å². The van der Waals surface area contributed by atoms with E-state index in [0.29, 0.717) is 17.8 Å². The van der Waals surface area contributed by atoms with Gasteiger partial charge in [0, 0.05) is 30.2 Å². The largest absolute Gasteiger partial charge is 0.508 e. The minimum Gasteiger partial charge on any atom is -0.508 e. The monoisotopic (exact) mass is 322 g/mol. The van der Waals surface area contributed by atoms with Crippen LogP contribution in [0, 0.1) is 6.92 Å². The first-order chi connectivity index (χ1) is 11.5. The number of aromatic nitrogens is 1. The van der Waals surface area contributed by atoms with Crippen LogP contribution in [0.1, 0.15) is 21.6 Å². The van der Waals surface area contributed by atoms with Crippen molar-refractivity contribution in [3.8, 4) is 5.75 Å². The van der Waals surface area contributed by atoms with Crippen LogP contribution in [-0.2, 0) is 11.3 Å². The highest BCUT2D eigenvalue weighted by atomic mass is 16.3. The van der Waals surface area contributed by atoms with Gasteiger partial charge in [-0.2, -0.15) is 0 Å². The van der Waals surface area contributed by atoms with E-state index in [0.717, 1.165) is 16.5 Å². The minimum atomic E-state index is -0.559. The van der Waals surface area contributed by atoms with Crippen molar-refractivity contribution >= 4 is 22.6 Å². The molecule has 1 heterocycles. The number of Topliss-reactive ketones (excluding diaryl/α,β-unsaturated/α-hetero) is 1. The third-order valence-electron chi connectivity index (χ3n) is 4.02. The molecule has 122 valence electrons. The molecule has 0 aliphatic carbocycles. The van der Waals surface area contributed by atoms with E-state index < -0.39 is 11.7 Å². The standard InChI is InChI=1S/C19H18N2O3/c1-12-17(15-5-3-4-6-16(15)20-12)18(23)19(24)21(2)11-13-7-9-14(22)10-8-13/h3-10,20,22H,11H2,1-2H3. The van der Waals surface area contributed by atoms with Gasteiger partial charge in [0.05, 0.1) is 5.56 Å². The molecule has 0 saturated carbocycles. The lowest BCUT2D eigenvalue weighted by Crippen LogP contribution is -2.33. The second kappa shape index (κ2) is 6.20. The van der Waals surface area contributed by atoms with Crippen LogP contribution in [0.4, 0.5) is 0 Å². The summed E-state index contributed by atoms with van der Waals surface area (Å²) in [4.78, 5) is 29.7. The van der Waals surface area contributed by atoms with Crippen LogP contribution >= 0.6 is 0 Å². The molecule has 3 aromatic rings. The molecule has 0 radical (unpaired) electrons. The number of carbonyl (C=O) groups is 2. The maximum absolute atomic E-state index is 12.7. The number of para-hydroxylation sites is 1.